The molecule has 5 heteroatoms. The molecule has 0 radical (unpaired) electrons. The standard InChI is InChI=1S/C14H12ClFN2O/c1-8-6-9(15)2-4-11(8)14(19)18-10-3-5-12(16)13(17)7-10/h2-7H,17H2,1H3,(H,18,19). The fraction of sp³-hybridized carbons (Fsp3) is 0.0714. The first-order valence-corrected chi connectivity index (χ1v) is 5.97. The van der Waals surface area contributed by atoms with Gasteiger partial charge in [0.15, 0.2) is 0 Å². The second kappa shape index (κ2) is 5.28. The van der Waals surface area contributed by atoms with Crippen LogP contribution < -0.4 is 11.1 Å². The van der Waals surface area contributed by atoms with Crippen LogP contribution in [0.5, 0.6) is 0 Å². The molecule has 0 saturated heterocycles. The molecule has 0 unspecified atom stereocenters. The maximum atomic E-state index is 13.0. The van der Waals surface area contributed by atoms with Gasteiger partial charge in [0.25, 0.3) is 5.91 Å². The van der Waals surface area contributed by atoms with E-state index in [0.717, 1.165) is 5.56 Å². The van der Waals surface area contributed by atoms with E-state index in [2.05, 4.69) is 5.32 Å². The van der Waals surface area contributed by atoms with Gasteiger partial charge in [0, 0.05) is 16.3 Å². The number of halogens is 2. The van der Waals surface area contributed by atoms with Gasteiger partial charge < -0.3 is 11.1 Å². The molecule has 0 aliphatic rings. The van der Waals surface area contributed by atoms with Crippen LogP contribution in [-0.2, 0) is 0 Å². The number of nitrogen functional groups attached to an aromatic ring is 1. The maximum absolute atomic E-state index is 13.0. The molecule has 2 aromatic rings. The molecule has 3 N–H and O–H groups in total. The summed E-state index contributed by atoms with van der Waals surface area (Å²) < 4.78 is 13.0. The summed E-state index contributed by atoms with van der Waals surface area (Å²) in [5, 5.41) is 3.23. The summed E-state index contributed by atoms with van der Waals surface area (Å²) in [6.45, 7) is 1.79. The first-order chi connectivity index (χ1) is 8.97. The quantitative estimate of drug-likeness (QED) is 0.824. The molecular formula is C14H12ClFN2O. The Hall–Kier alpha value is -2.07. The number of anilines is 2. The smallest absolute Gasteiger partial charge is 0.255 e. The van der Waals surface area contributed by atoms with Crippen molar-refractivity contribution in [1.82, 2.24) is 0 Å². The van der Waals surface area contributed by atoms with Crippen molar-refractivity contribution in [2.45, 2.75) is 6.92 Å². The lowest BCUT2D eigenvalue weighted by molar-refractivity contribution is 0.102. The first-order valence-electron chi connectivity index (χ1n) is 5.60. The predicted octanol–water partition coefficient (Wildman–Crippen LogP) is 3.62. The van der Waals surface area contributed by atoms with Crippen LogP contribution in [0.1, 0.15) is 15.9 Å². The van der Waals surface area contributed by atoms with E-state index in [0.29, 0.717) is 16.3 Å². The Kier molecular flexibility index (Phi) is 3.71. The highest BCUT2D eigenvalue weighted by Crippen LogP contribution is 2.19. The Balaban J connectivity index is 2.23. The lowest BCUT2D eigenvalue weighted by Crippen LogP contribution is -2.13. The van der Waals surface area contributed by atoms with E-state index < -0.39 is 5.82 Å². The van der Waals surface area contributed by atoms with Crippen LogP contribution in [0.3, 0.4) is 0 Å². The van der Waals surface area contributed by atoms with E-state index in [1.54, 1.807) is 25.1 Å². The SMILES string of the molecule is Cc1cc(Cl)ccc1C(=O)Nc1ccc(F)c(N)c1. The highest BCUT2D eigenvalue weighted by Gasteiger charge is 2.10. The van der Waals surface area contributed by atoms with Crippen LogP contribution in [-0.4, -0.2) is 5.91 Å². The van der Waals surface area contributed by atoms with Gasteiger partial charge in [0.1, 0.15) is 5.82 Å². The molecule has 0 fully saturated rings. The van der Waals surface area contributed by atoms with Crippen molar-refractivity contribution in [3.63, 3.8) is 0 Å². The van der Waals surface area contributed by atoms with Crippen molar-refractivity contribution in [2.75, 3.05) is 11.1 Å². The van der Waals surface area contributed by atoms with Gasteiger partial charge in [-0.15, -0.1) is 0 Å². The molecule has 0 aliphatic heterocycles. The number of aryl methyl sites for hydroxylation is 1. The lowest BCUT2D eigenvalue weighted by atomic mass is 10.1. The second-order valence-electron chi connectivity index (χ2n) is 4.15. The van der Waals surface area contributed by atoms with Crippen molar-refractivity contribution in [3.8, 4) is 0 Å². The third kappa shape index (κ3) is 3.03. The Morgan fingerprint density at radius 1 is 1.26 bits per heavy atom. The van der Waals surface area contributed by atoms with Crippen molar-refractivity contribution in [1.29, 1.82) is 0 Å². The van der Waals surface area contributed by atoms with Gasteiger partial charge in [0.2, 0.25) is 0 Å². The van der Waals surface area contributed by atoms with Gasteiger partial charge >= 0.3 is 0 Å². The summed E-state index contributed by atoms with van der Waals surface area (Å²) in [6, 6.07) is 9.02. The van der Waals surface area contributed by atoms with Crippen LogP contribution in [0.25, 0.3) is 0 Å². The lowest BCUT2D eigenvalue weighted by Gasteiger charge is -2.08. The minimum absolute atomic E-state index is 0.00868. The number of benzene rings is 2. The van der Waals surface area contributed by atoms with Crippen LogP contribution in [0.4, 0.5) is 15.8 Å². The molecule has 0 spiro atoms. The van der Waals surface area contributed by atoms with E-state index in [9.17, 15) is 9.18 Å². The predicted molar refractivity (Wildman–Crippen MR) is 75.0 cm³/mol. The summed E-state index contributed by atoms with van der Waals surface area (Å²) in [5.41, 5.74) is 7.15. The number of carbonyl (C=O) groups is 1. The Morgan fingerprint density at radius 3 is 2.63 bits per heavy atom. The number of nitrogens with one attached hydrogen (secondary N) is 1. The number of nitrogens with two attached hydrogens (primary N) is 1. The van der Waals surface area contributed by atoms with Crippen molar-refractivity contribution in [2.24, 2.45) is 0 Å². The van der Waals surface area contributed by atoms with Gasteiger partial charge in [-0.25, -0.2) is 4.39 Å². The fourth-order valence-corrected chi connectivity index (χ4v) is 1.93. The number of amides is 1. The number of hydrogen-bond donors (Lipinski definition) is 2. The minimum Gasteiger partial charge on any atom is -0.396 e. The summed E-state index contributed by atoms with van der Waals surface area (Å²) in [7, 11) is 0. The number of hydrogen-bond acceptors (Lipinski definition) is 2. The van der Waals surface area contributed by atoms with E-state index in [-0.39, 0.29) is 11.6 Å². The molecule has 1 amide bonds. The topological polar surface area (TPSA) is 55.1 Å². The Morgan fingerprint density at radius 2 is 2.00 bits per heavy atom. The fourth-order valence-electron chi connectivity index (χ4n) is 1.70. The molecular weight excluding hydrogens is 267 g/mol. The monoisotopic (exact) mass is 278 g/mol. The van der Waals surface area contributed by atoms with E-state index in [1.165, 1.54) is 18.2 Å². The van der Waals surface area contributed by atoms with Gasteiger partial charge in [-0.3, -0.25) is 4.79 Å². The molecule has 0 aromatic heterocycles. The molecule has 3 nitrogen and oxygen atoms in total. The van der Waals surface area contributed by atoms with Gasteiger partial charge in [-0.05, 0) is 48.9 Å². The Labute approximate surface area is 115 Å². The van der Waals surface area contributed by atoms with Gasteiger partial charge in [-0.1, -0.05) is 11.6 Å². The molecule has 0 heterocycles. The largest absolute Gasteiger partial charge is 0.396 e. The molecule has 19 heavy (non-hydrogen) atoms. The second-order valence-corrected chi connectivity index (χ2v) is 4.59. The van der Waals surface area contributed by atoms with Crippen LogP contribution in [0.2, 0.25) is 5.02 Å². The molecule has 0 atom stereocenters. The first kappa shape index (κ1) is 13.4. The maximum Gasteiger partial charge on any atom is 0.255 e. The zero-order valence-electron chi connectivity index (χ0n) is 10.2. The summed E-state index contributed by atoms with van der Waals surface area (Å²) in [4.78, 5) is 12.1. The van der Waals surface area contributed by atoms with Gasteiger partial charge in [-0.2, -0.15) is 0 Å². The van der Waals surface area contributed by atoms with E-state index in [1.807, 2.05) is 0 Å². The van der Waals surface area contributed by atoms with Crippen molar-refractivity contribution in [3.05, 3.63) is 58.4 Å². The van der Waals surface area contributed by atoms with Crippen molar-refractivity contribution < 1.29 is 9.18 Å². The highest BCUT2D eigenvalue weighted by atomic mass is 35.5. The zero-order valence-corrected chi connectivity index (χ0v) is 11.0. The summed E-state index contributed by atoms with van der Waals surface area (Å²) in [6.07, 6.45) is 0. The van der Waals surface area contributed by atoms with Crippen molar-refractivity contribution >= 4 is 28.9 Å². The Bertz CT molecular complexity index is 643. The molecule has 2 rings (SSSR count). The minimum atomic E-state index is -0.513. The highest BCUT2D eigenvalue weighted by molar-refractivity contribution is 6.30. The molecule has 0 aliphatic carbocycles. The molecule has 0 saturated carbocycles. The number of rotatable bonds is 2. The molecule has 2 aromatic carbocycles. The zero-order chi connectivity index (χ0) is 14.0. The van der Waals surface area contributed by atoms with Gasteiger partial charge in [0.05, 0.1) is 5.69 Å². The average molecular weight is 279 g/mol. The average Bonchev–Trinajstić information content (AvgIpc) is 2.33. The third-order valence-electron chi connectivity index (χ3n) is 2.69. The third-order valence-corrected chi connectivity index (χ3v) is 2.92. The van der Waals surface area contributed by atoms with E-state index >= 15 is 0 Å². The molecule has 98 valence electrons. The summed E-state index contributed by atoms with van der Waals surface area (Å²) in [5.74, 6) is -0.805. The van der Waals surface area contributed by atoms with Crippen LogP contribution in [0, 0.1) is 12.7 Å². The normalized spacial score (nSPS) is 10.3. The summed E-state index contributed by atoms with van der Waals surface area (Å²) >= 11 is 5.83. The van der Waals surface area contributed by atoms with Crippen LogP contribution >= 0.6 is 11.6 Å². The van der Waals surface area contributed by atoms with Crippen LogP contribution in [0.15, 0.2) is 36.4 Å². The number of carbonyl (C=O) groups excluding carboxylic acids is 1. The van der Waals surface area contributed by atoms with E-state index in [4.69, 9.17) is 17.3 Å². The molecule has 0 bridgehead atoms.